The van der Waals surface area contributed by atoms with E-state index in [0.717, 1.165) is 41.7 Å². The summed E-state index contributed by atoms with van der Waals surface area (Å²) in [6, 6.07) is 5.81. The number of halogens is 2. The summed E-state index contributed by atoms with van der Waals surface area (Å²) in [7, 11) is 0. The Morgan fingerprint density at radius 2 is 2.17 bits per heavy atom. The number of alkyl halides is 1. The summed E-state index contributed by atoms with van der Waals surface area (Å²) in [4.78, 5) is 2.24. The molecule has 0 bridgehead atoms. The molecule has 1 aliphatic heterocycles. The molecule has 0 aliphatic carbocycles. The first kappa shape index (κ1) is 11.8. The summed E-state index contributed by atoms with van der Waals surface area (Å²) in [5.74, 6) is 1.46. The molecule has 6 heteroatoms. The molecule has 4 nitrogen and oxygen atoms in total. The average Bonchev–Trinajstić information content (AvgIpc) is 2.85. The Bertz CT molecular complexity index is 567. The normalized spacial score (nSPS) is 14.7. The Morgan fingerprint density at radius 3 is 3.00 bits per heavy atom. The lowest BCUT2D eigenvalue weighted by atomic mass is 10.1. The minimum absolute atomic E-state index is 0.482. The van der Waals surface area contributed by atoms with Crippen molar-refractivity contribution in [3.63, 3.8) is 0 Å². The second-order valence-electron chi connectivity index (χ2n) is 4.27. The molecule has 1 aromatic heterocycles. The highest BCUT2D eigenvalue weighted by Gasteiger charge is 2.19. The Kier molecular flexibility index (Phi) is 3.14. The zero-order valence-electron chi connectivity index (χ0n) is 9.68. The Balaban J connectivity index is 1.94. The predicted molar refractivity (Wildman–Crippen MR) is 72.1 cm³/mol. The summed E-state index contributed by atoms with van der Waals surface area (Å²) in [6.45, 7) is 2.54. The monoisotopic (exact) mass is 282 g/mol. The highest BCUT2D eigenvalue weighted by atomic mass is 35.5. The van der Waals surface area contributed by atoms with Crippen LogP contribution in [0.2, 0.25) is 5.02 Å². The molecule has 94 valence electrons. The maximum absolute atomic E-state index is 6.07. The van der Waals surface area contributed by atoms with Crippen LogP contribution in [0.1, 0.15) is 11.4 Å². The van der Waals surface area contributed by atoms with Crippen LogP contribution in [0.25, 0.3) is 0 Å². The van der Waals surface area contributed by atoms with Crippen LogP contribution in [0, 0.1) is 0 Å². The van der Waals surface area contributed by atoms with Gasteiger partial charge in [-0.3, -0.25) is 0 Å². The van der Waals surface area contributed by atoms with Crippen LogP contribution in [0.15, 0.2) is 24.5 Å². The van der Waals surface area contributed by atoms with E-state index in [4.69, 9.17) is 23.2 Å². The van der Waals surface area contributed by atoms with Crippen molar-refractivity contribution in [2.24, 2.45) is 0 Å². The van der Waals surface area contributed by atoms with E-state index in [9.17, 15) is 0 Å². The first-order valence-corrected chi connectivity index (χ1v) is 6.65. The third-order valence-corrected chi connectivity index (χ3v) is 3.69. The van der Waals surface area contributed by atoms with Gasteiger partial charge in [-0.05, 0) is 17.7 Å². The van der Waals surface area contributed by atoms with Crippen molar-refractivity contribution in [2.45, 2.75) is 19.0 Å². The molecule has 18 heavy (non-hydrogen) atoms. The number of hydrogen-bond donors (Lipinski definition) is 0. The number of anilines is 1. The lowest BCUT2D eigenvalue weighted by molar-refractivity contribution is 0.559. The molecule has 0 amide bonds. The van der Waals surface area contributed by atoms with E-state index in [2.05, 4.69) is 19.7 Å². The minimum Gasteiger partial charge on any atom is -0.362 e. The summed E-state index contributed by atoms with van der Waals surface area (Å²) in [5, 5.41) is 8.77. The number of benzene rings is 1. The van der Waals surface area contributed by atoms with Crippen molar-refractivity contribution >= 4 is 28.9 Å². The van der Waals surface area contributed by atoms with Gasteiger partial charge < -0.3 is 9.47 Å². The molecule has 0 saturated carbocycles. The number of aromatic nitrogens is 3. The van der Waals surface area contributed by atoms with Gasteiger partial charge in [0.25, 0.3) is 0 Å². The van der Waals surface area contributed by atoms with Gasteiger partial charge in [0, 0.05) is 29.7 Å². The number of hydrogen-bond acceptors (Lipinski definition) is 3. The lowest BCUT2D eigenvalue weighted by Crippen LogP contribution is -2.34. The first-order chi connectivity index (χ1) is 8.78. The minimum atomic E-state index is 0.482. The van der Waals surface area contributed by atoms with Gasteiger partial charge in [-0.15, -0.1) is 21.8 Å². The van der Waals surface area contributed by atoms with Crippen LogP contribution in [0.5, 0.6) is 0 Å². The predicted octanol–water partition coefficient (Wildman–Crippen LogP) is 2.69. The average molecular weight is 283 g/mol. The van der Waals surface area contributed by atoms with Crippen molar-refractivity contribution in [2.75, 3.05) is 11.4 Å². The van der Waals surface area contributed by atoms with Crippen molar-refractivity contribution in [1.82, 2.24) is 14.8 Å². The smallest absolute Gasteiger partial charge is 0.152 e. The molecule has 3 rings (SSSR count). The molecular formula is C12H12Cl2N4. The van der Waals surface area contributed by atoms with Crippen LogP contribution < -0.4 is 4.90 Å². The van der Waals surface area contributed by atoms with Gasteiger partial charge in [0.2, 0.25) is 0 Å². The quantitative estimate of drug-likeness (QED) is 0.795. The highest BCUT2D eigenvalue weighted by Crippen LogP contribution is 2.28. The fourth-order valence-corrected chi connectivity index (χ4v) is 2.61. The van der Waals surface area contributed by atoms with Crippen LogP contribution in [0.4, 0.5) is 5.69 Å². The van der Waals surface area contributed by atoms with Gasteiger partial charge in [-0.1, -0.05) is 17.7 Å². The van der Waals surface area contributed by atoms with E-state index in [0.29, 0.717) is 5.88 Å². The molecule has 0 fully saturated rings. The first-order valence-electron chi connectivity index (χ1n) is 5.74. The van der Waals surface area contributed by atoms with E-state index in [1.165, 1.54) is 0 Å². The van der Waals surface area contributed by atoms with Crippen molar-refractivity contribution in [3.8, 4) is 0 Å². The second kappa shape index (κ2) is 4.78. The fourth-order valence-electron chi connectivity index (χ4n) is 2.22. The lowest BCUT2D eigenvalue weighted by Gasteiger charge is -2.30. The van der Waals surface area contributed by atoms with Crippen LogP contribution in [-0.4, -0.2) is 21.3 Å². The highest BCUT2D eigenvalue weighted by molar-refractivity contribution is 6.31. The molecule has 0 spiro atoms. The third-order valence-electron chi connectivity index (χ3n) is 3.17. The van der Waals surface area contributed by atoms with Gasteiger partial charge in [0.1, 0.15) is 6.33 Å². The van der Waals surface area contributed by atoms with Gasteiger partial charge in [0.05, 0.1) is 6.54 Å². The summed E-state index contributed by atoms with van der Waals surface area (Å²) in [5.41, 5.74) is 2.18. The third kappa shape index (κ3) is 2.06. The topological polar surface area (TPSA) is 34.0 Å². The zero-order chi connectivity index (χ0) is 12.5. The second-order valence-corrected chi connectivity index (χ2v) is 4.97. The van der Waals surface area contributed by atoms with Gasteiger partial charge >= 0.3 is 0 Å². The molecule has 0 atom stereocenters. The maximum Gasteiger partial charge on any atom is 0.152 e. The fraction of sp³-hybridized carbons (Fsp3) is 0.333. The summed E-state index contributed by atoms with van der Waals surface area (Å²) in [6.07, 6.45) is 1.77. The Morgan fingerprint density at radius 1 is 1.28 bits per heavy atom. The van der Waals surface area contributed by atoms with E-state index in [1.54, 1.807) is 6.33 Å². The van der Waals surface area contributed by atoms with E-state index >= 15 is 0 Å². The van der Waals surface area contributed by atoms with Crippen LogP contribution in [0.3, 0.4) is 0 Å². The molecule has 0 saturated heterocycles. The van der Waals surface area contributed by atoms with E-state index in [1.807, 2.05) is 18.2 Å². The maximum atomic E-state index is 6.07. The van der Waals surface area contributed by atoms with Crippen LogP contribution in [-0.2, 0) is 19.0 Å². The largest absolute Gasteiger partial charge is 0.362 e. The number of nitrogens with zero attached hydrogens (tertiary/aromatic N) is 4. The molecular weight excluding hydrogens is 271 g/mol. The molecule has 1 aromatic carbocycles. The van der Waals surface area contributed by atoms with Crippen molar-refractivity contribution < 1.29 is 0 Å². The molecule has 0 radical (unpaired) electrons. The number of fused-ring (bicyclic) bond motifs is 1. The Labute approximate surface area is 115 Å². The van der Waals surface area contributed by atoms with Crippen molar-refractivity contribution in [3.05, 3.63) is 40.9 Å². The van der Waals surface area contributed by atoms with E-state index < -0.39 is 0 Å². The Hall–Kier alpha value is -1.26. The van der Waals surface area contributed by atoms with Gasteiger partial charge in [-0.25, -0.2) is 0 Å². The molecule has 2 heterocycles. The molecule has 1 aliphatic rings. The van der Waals surface area contributed by atoms with Crippen LogP contribution >= 0.6 is 23.2 Å². The van der Waals surface area contributed by atoms with Crippen molar-refractivity contribution in [1.29, 1.82) is 0 Å². The molecule has 2 aromatic rings. The standard InChI is InChI=1S/C12H12Cl2N4/c13-6-9-1-2-10(14)5-11(9)17-3-4-18-8-15-16-12(18)7-17/h1-2,5,8H,3-4,6-7H2. The summed E-state index contributed by atoms with van der Waals surface area (Å²) < 4.78 is 2.07. The van der Waals surface area contributed by atoms with Gasteiger partial charge in [0.15, 0.2) is 5.82 Å². The summed E-state index contributed by atoms with van der Waals surface area (Å²) >= 11 is 12.0. The van der Waals surface area contributed by atoms with E-state index in [-0.39, 0.29) is 0 Å². The van der Waals surface area contributed by atoms with Gasteiger partial charge in [-0.2, -0.15) is 0 Å². The number of rotatable bonds is 2. The molecule has 0 N–H and O–H groups in total. The SMILES string of the molecule is ClCc1ccc(Cl)cc1N1CCn2cnnc2C1. The zero-order valence-corrected chi connectivity index (χ0v) is 11.2. The molecule has 0 unspecified atom stereocenters.